The van der Waals surface area contributed by atoms with Gasteiger partial charge in [0.05, 0.1) is 6.21 Å². The molecule has 0 aliphatic carbocycles. The highest BCUT2D eigenvalue weighted by Crippen LogP contribution is 2.26. The molecule has 0 radical (unpaired) electrons. The van der Waals surface area contributed by atoms with Gasteiger partial charge in [0.15, 0.2) is 0 Å². The molecule has 2 heterocycles. The van der Waals surface area contributed by atoms with Crippen molar-refractivity contribution < 1.29 is 4.74 Å². The van der Waals surface area contributed by atoms with E-state index in [1.165, 1.54) is 5.56 Å². The van der Waals surface area contributed by atoms with Crippen LogP contribution in [-0.4, -0.2) is 34.3 Å². The molecular formula is C31H33Cl2N7O. The molecule has 41 heavy (non-hydrogen) atoms. The molecule has 4 aromatic rings. The number of piperidine rings is 1. The fraction of sp³-hybridized carbons (Fsp3) is 0.290. The van der Waals surface area contributed by atoms with Gasteiger partial charge in [0, 0.05) is 34.4 Å². The first kappa shape index (κ1) is 28.6. The number of hydrazone groups is 1. The third-order valence-electron chi connectivity index (χ3n) is 7.21. The molecular weight excluding hydrogens is 557 g/mol. The Labute approximate surface area is 250 Å². The Balaban J connectivity index is 1.27. The lowest BCUT2D eigenvalue weighted by atomic mass is 10.00. The number of nitrogens with one attached hydrogen (secondary N) is 2. The molecule has 2 N–H and O–H groups in total. The molecule has 0 spiro atoms. The van der Waals surface area contributed by atoms with E-state index >= 15 is 0 Å². The molecule has 3 aromatic carbocycles. The number of anilines is 4. The Morgan fingerprint density at radius 1 is 0.976 bits per heavy atom. The molecule has 1 fully saturated rings. The van der Waals surface area contributed by atoms with Crippen molar-refractivity contribution in [2.24, 2.45) is 11.0 Å². The quantitative estimate of drug-likeness (QED) is 0.152. The van der Waals surface area contributed by atoms with Gasteiger partial charge in [0.1, 0.15) is 12.4 Å². The largest absolute Gasteiger partial charge is 0.489 e. The second-order valence-electron chi connectivity index (χ2n) is 10.3. The smallest absolute Gasteiger partial charge is 0.250 e. The van der Waals surface area contributed by atoms with Crippen molar-refractivity contribution >= 4 is 52.9 Å². The van der Waals surface area contributed by atoms with Crippen LogP contribution >= 0.6 is 23.2 Å². The molecule has 212 valence electrons. The van der Waals surface area contributed by atoms with Crippen molar-refractivity contribution in [3.05, 3.63) is 93.0 Å². The third-order valence-corrected chi connectivity index (χ3v) is 7.80. The van der Waals surface area contributed by atoms with Crippen LogP contribution in [0.1, 0.15) is 42.0 Å². The van der Waals surface area contributed by atoms with Crippen LogP contribution in [-0.2, 0) is 6.61 Å². The van der Waals surface area contributed by atoms with Crippen LogP contribution in [0.3, 0.4) is 0 Å². The standard InChI is InChI=1S/C31H33Cl2N7O/c1-20-13-15-40(16-14-20)31-37-29(35-28-6-4-5-21(2)22(28)3)36-30(38-31)39-34-18-23-7-11-26(12-8-23)41-19-24-9-10-25(32)17-27(24)33/h4-12,17-18,20H,13-16,19H2,1-3H3,(H2,35,36,37,38,39)/b34-18-. The Morgan fingerprint density at radius 2 is 1.73 bits per heavy atom. The molecule has 10 heteroatoms. The highest BCUT2D eigenvalue weighted by Gasteiger charge is 2.20. The summed E-state index contributed by atoms with van der Waals surface area (Å²) in [6.07, 6.45) is 3.93. The zero-order chi connectivity index (χ0) is 28.8. The van der Waals surface area contributed by atoms with Gasteiger partial charge in [-0.05, 0) is 91.8 Å². The summed E-state index contributed by atoms with van der Waals surface area (Å²) in [5, 5.41) is 8.94. The zero-order valence-corrected chi connectivity index (χ0v) is 24.9. The van der Waals surface area contributed by atoms with Crippen LogP contribution < -0.4 is 20.4 Å². The maximum Gasteiger partial charge on any atom is 0.250 e. The second-order valence-corrected chi connectivity index (χ2v) is 11.1. The van der Waals surface area contributed by atoms with Gasteiger partial charge >= 0.3 is 0 Å². The van der Waals surface area contributed by atoms with Crippen LogP contribution in [0.2, 0.25) is 10.0 Å². The van der Waals surface area contributed by atoms with Gasteiger partial charge in [-0.15, -0.1) is 0 Å². The van der Waals surface area contributed by atoms with Crippen molar-refractivity contribution in [2.75, 3.05) is 28.7 Å². The minimum Gasteiger partial charge on any atom is -0.489 e. The van der Waals surface area contributed by atoms with E-state index in [9.17, 15) is 0 Å². The van der Waals surface area contributed by atoms with Crippen LogP contribution in [0.4, 0.5) is 23.5 Å². The van der Waals surface area contributed by atoms with Crippen LogP contribution in [0.15, 0.2) is 65.8 Å². The second kappa shape index (κ2) is 13.2. The minimum absolute atomic E-state index is 0.348. The summed E-state index contributed by atoms with van der Waals surface area (Å²) in [7, 11) is 0. The number of benzene rings is 3. The number of rotatable bonds is 9. The lowest BCUT2D eigenvalue weighted by Gasteiger charge is -2.30. The summed E-state index contributed by atoms with van der Waals surface area (Å²) >= 11 is 12.2. The highest BCUT2D eigenvalue weighted by molar-refractivity contribution is 6.35. The number of aryl methyl sites for hydroxylation is 1. The van der Waals surface area contributed by atoms with Crippen molar-refractivity contribution in [3.8, 4) is 5.75 Å². The van der Waals surface area contributed by atoms with E-state index < -0.39 is 0 Å². The molecule has 1 aliphatic rings. The summed E-state index contributed by atoms with van der Waals surface area (Å²) in [6.45, 7) is 8.63. The molecule has 0 saturated carbocycles. The average molecular weight is 591 g/mol. The summed E-state index contributed by atoms with van der Waals surface area (Å²) in [5.41, 5.74) is 8.06. The molecule has 1 saturated heterocycles. The lowest BCUT2D eigenvalue weighted by Crippen LogP contribution is -2.34. The van der Waals surface area contributed by atoms with E-state index in [2.05, 4.69) is 57.5 Å². The Bertz CT molecular complexity index is 1520. The van der Waals surface area contributed by atoms with Crippen molar-refractivity contribution in [2.45, 2.75) is 40.2 Å². The van der Waals surface area contributed by atoms with Gasteiger partial charge in [0.2, 0.25) is 17.8 Å². The predicted molar refractivity (Wildman–Crippen MR) is 168 cm³/mol. The van der Waals surface area contributed by atoms with E-state index in [-0.39, 0.29) is 0 Å². The van der Waals surface area contributed by atoms with E-state index in [0.29, 0.717) is 40.4 Å². The highest BCUT2D eigenvalue weighted by atomic mass is 35.5. The average Bonchev–Trinajstić information content (AvgIpc) is 2.96. The van der Waals surface area contributed by atoms with Gasteiger partial charge < -0.3 is 15.0 Å². The maximum absolute atomic E-state index is 6.24. The number of aromatic nitrogens is 3. The molecule has 1 aliphatic heterocycles. The molecule has 8 nitrogen and oxygen atoms in total. The van der Waals surface area contributed by atoms with Gasteiger partial charge in [0.25, 0.3) is 0 Å². The molecule has 0 unspecified atom stereocenters. The first-order valence-corrected chi connectivity index (χ1v) is 14.4. The maximum atomic E-state index is 6.24. The fourth-order valence-corrected chi connectivity index (χ4v) is 4.91. The van der Waals surface area contributed by atoms with Crippen molar-refractivity contribution in [3.63, 3.8) is 0 Å². The number of hydrogen-bond acceptors (Lipinski definition) is 8. The summed E-state index contributed by atoms with van der Waals surface area (Å²) < 4.78 is 5.87. The first-order chi connectivity index (χ1) is 19.8. The summed E-state index contributed by atoms with van der Waals surface area (Å²) in [5.74, 6) is 2.91. The SMILES string of the molecule is Cc1cccc(Nc2nc(N/N=C\c3ccc(OCc4ccc(Cl)cc4Cl)cc3)nc(N3CCC(C)CC3)n2)c1C. The third kappa shape index (κ3) is 7.65. The van der Waals surface area contributed by atoms with Gasteiger partial charge in [-0.25, -0.2) is 5.43 Å². The van der Waals surface area contributed by atoms with E-state index in [1.54, 1.807) is 18.3 Å². The zero-order valence-electron chi connectivity index (χ0n) is 23.4. The molecule has 0 atom stereocenters. The number of ether oxygens (including phenoxy) is 1. The van der Waals surface area contributed by atoms with E-state index in [4.69, 9.17) is 32.9 Å². The van der Waals surface area contributed by atoms with Crippen LogP contribution in [0, 0.1) is 19.8 Å². The molecule has 0 amide bonds. The normalized spacial score (nSPS) is 13.9. The number of nitrogens with zero attached hydrogens (tertiary/aromatic N) is 5. The van der Waals surface area contributed by atoms with Crippen LogP contribution in [0.5, 0.6) is 5.75 Å². The Morgan fingerprint density at radius 3 is 2.49 bits per heavy atom. The number of halogens is 2. The van der Waals surface area contributed by atoms with Gasteiger partial charge in [-0.1, -0.05) is 48.3 Å². The van der Waals surface area contributed by atoms with Crippen LogP contribution in [0.25, 0.3) is 0 Å². The van der Waals surface area contributed by atoms with Crippen molar-refractivity contribution in [1.29, 1.82) is 0 Å². The van der Waals surface area contributed by atoms with Crippen molar-refractivity contribution in [1.82, 2.24) is 15.0 Å². The lowest BCUT2D eigenvalue weighted by molar-refractivity contribution is 0.306. The fourth-order valence-electron chi connectivity index (χ4n) is 4.44. The van der Waals surface area contributed by atoms with E-state index in [0.717, 1.165) is 54.1 Å². The van der Waals surface area contributed by atoms with Gasteiger partial charge in [-0.3, -0.25) is 0 Å². The molecule has 0 bridgehead atoms. The summed E-state index contributed by atoms with van der Waals surface area (Å²) in [4.78, 5) is 16.2. The molecule has 1 aromatic heterocycles. The Kier molecular flexibility index (Phi) is 9.21. The Hall–Kier alpha value is -3.88. The monoisotopic (exact) mass is 589 g/mol. The molecule has 5 rings (SSSR count). The number of hydrogen-bond donors (Lipinski definition) is 2. The predicted octanol–water partition coefficient (Wildman–Crippen LogP) is 7.80. The van der Waals surface area contributed by atoms with E-state index in [1.807, 2.05) is 42.5 Å². The van der Waals surface area contributed by atoms with Gasteiger partial charge in [-0.2, -0.15) is 20.1 Å². The topological polar surface area (TPSA) is 87.6 Å². The summed E-state index contributed by atoms with van der Waals surface area (Å²) in [6, 6.07) is 19.1. The first-order valence-electron chi connectivity index (χ1n) is 13.6. The minimum atomic E-state index is 0.348.